The van der Waals surface area contributed by atoms with Crippen molar-refractivity contribution in [1.82, 2.24) is 5.32 Å². The summed E-state index contributed by atoms with van der Waals surface area (Å²) in [5.41, 5.74) is 0.950. The van der Waals surface area contributed by atoms with E-state index >= 15 is 0 Å². The van der Waals surface area contributed by atoms with Gasteiger partial charge in [-0.15, -0.1) is 0 Å². The van der Waals surface area contributed by atoms with Gasteiger partial charge in [-0.3, -0.25) is 4.79 Å². The monoisotopic (exact) mass is 304 g/mol. The van der Waals surface area contributed by atoms with Crippen LogP contribution in [-0.4, -0.2) is 42.8 Å². The summed E-state index contributed by atoms with van der Waals surface area (Å²) in [5, 5.41) is 13.5. The molecule has 21 heavy (non-hydrogen) atoms. The molecule has 0 radical (unpaired) electrons. The number of amides is 1. The van der Waals surface area contributed by atoms with Gasteiger partial charge >= 0.3 is 6.18 Å². The molecule has 0 saturated heterocycles. The number of rotatable bonds is 4. The van der Waals surface area contributed by atoms with E-state index in [0.717, 1.165) is 0 Å². The summed E-state index contributed by atoms with van der Waals surface area (Å²) >= 11 is 0. The summed E-state index contributed by atoms with van der Waals surface area (Å²) in [6, 6.07) is 4.53. The van der Waals surface area contributed by atoms with Gasteiger partial charge in [0.05, 0.1) is 0 Å². The maximum atomic E-state index is 11.9. The predicted molar refractivity (Wildman–Crippen MR) is 64.8 cm³/mol. The van der Waals surface area contributed by atoms with Crippen LogP contribution in [0.2, 0.25) is 0 Å². The number of halogens is 3. The van der Waals surface area contributed by atoms with Crippen LogP contribution >= 0.6 is 0 Å². The largest absolute Gasteiger partial charge is 0.486 e. The molecule has 0 saturated carbocycles. The van der Waals surface area contributed by atoms with Crippen molar-refractivity contribution in [2.45, 2.75) is 6.18 Å². The number of hydrogen-bond acceptors (Lipinski definition) is 5. The predicted octanol–water partition coefficient (Wildman–Crippen LogP) is 1.31. The fourth-order valence-corrected chi connectivity index (χ4v) is 1.66. The van der Waals surface area contributed by atoms with E-state index in [1.807, 2.05) is 0 Å². The minimum atomic E-state index is -4.46. The van der Waals surface area contributed by atoms with Crippen LogP contribution in [0, 0.1) is 0 Å². The molecule has 6 nitrogen and oxygen atoms in total. The van der Waals surface area contributed by atoms with E-state index in [2.05, 4.69) is 5.16 Å². The number of ether oxygens (including phenoxy) is 2. The smallest absolute Gasteiger partial charge is 0.405 e. The fraction of sp³-hybridized carbons (Fsp3) is 0.333. The van der Waals surface area contributed by atoms with Crippen molar-refractivity contribution in [3.05, 3.63) is 23.8 Å². The van der Waals surface area contributed by atoms with E-state index < -0.39 is 25.2 Å². The minimum absolute atomic E-state index is 0.112. The molecule has 0 bridgehead atoms. The number of nitrogens with zero attached hydrogens (tertiary/aromatic N) is 1. The number of oxime groups is 1. The maximum Gasteiger partial charge on any atom is 0.405 e. The van der Waals surface area contributed by atoms with Crippen molar-refractivity contribution in [2.75, 3.05) is 19.8 Å². The molecule has 1 aromatic carbocycles. The lowest BCUT2D eigenvalue weighted by Gasteiger charge is -2.10. The summed E-state index contributed by atoms with van der Waals surface area (Å²) in [4.78, 5) is 11.2. The first-order chi connectivity index (χ1) is 9.89. The van der Waals surface area contributed by atoms with Gasteiger partial charge in [0.15, 0.2) is 6.61 Å². The Bertz CT molecular complexity index is 572. The normalized spacial score (nSPS) is 15.5. The molecule has 1 amide bonds. The zero-order chi connectivity index (χ0) is 15.5. The third kappa shape index (κ3) is 4.01. The van der Waals surface area contributed by atoms with Crippen LogP contribution in [0.1, 0.15) is 5.56 Å². The van der Waals surface area contributed by atoms with Crippen LogP contribution < -0.4 is 14.8 Å². The molecular formula is C12H11F3N2O4. The summed E-state index contributed by atoms with van der Waals surface area (Å²) in [6.45, 7) is -1.84. The van der Waals surface area contributed by atoms with E-state index in [1.54, 1.807) is 11.4 Å². The van der Waals surface area contributed by atoms with Crippen molar-refractivity contribution in [1.29, 1.82) is 0 Å². The average Bonchev–Trinajstić information content (AvgIpc) is 2.84. The zero-order valence-corrected chi connectivity index (χ0v) is 10.6. The fourth-order valence-electron chi connectivity index (χ4n) is 1.66. The highest BCUT2D eigenvalue weighted by Gasteiger charge is 2.27. The van der Waals surface area contributed by atoms with Crippen LogP contribution in [0.25, 0.3) is 0 Å². The Labute approximate surface area is 117 Å². The van der Waals surface area contributed by atoms with Gasteiger partial charge in [-0.05, 0) is 12.1 Å². The lowest BCUT2D eigenvalue weighted by Crippen LogP contribution is -2.36. The maximum absolute atomic E-state index is 11.9. The Morgan fingerprint density at radius 2 is 2.24 bits per heavy atom. The number of benzene rings is 1. The molecular weight excluding hydrogens is 293 g/mol. The zero-order valence-electron chi connectivity index (χ0n) is 10.6. The number of fused-ring (bicyclic) bond motifs is 1. The molecule has 0 spiro atoms. The summed E-state index contributed by atoms with van der Waals surface area (Å²) in [6.07, 6.45) is -4.46. The summed E-state index contributed by atoms with van der Waals surface area (Å²) in [7, 11) is 0. The standard InChI is InChI=1S/C12H11F3N2O4/c13-12(14,15)6-16-11(18)5-20-7-1-2-8-9(17-19)4-21-10(8)3-7/h1-3,19H,4-6H2,(H,16,18). The highest BCUT2D eigenvalue weighted by atomic mass is 19.4. The molecule has 114 valence electrons. The molecule has 0 aliphatic carbocycles. The van der Waals surface area contributed by atoms with Gasteiger partial charge in [0.2, 0.25) is 0 Å². The Hall–Kier alpha value is -2.45. The van der Waals surface area contributed by atoms with Crippen LogP contribution in [0.15, 0.2) is 23.4 Å². The Balaban J connectivity index is 1.89. The van der Waals surface area contributed by atoms with Crippen molar-refractivity contribution >= 4 is 11.6 Å². The molecule has 0 atom stereocenters. The topological polar surface area (TPSA) is 80.2 Å². The van der Waals surface area contributed by atoms with Crippen molar-refractivity contribution in [3.8, 4) is 11.5 Å². The second-order valence-corrected chi connectivity index (χ2v) is 4.17. The van der Waals surface area contributed by atoms with Crippen LogP contribution in [0.5, 0.6) is 11.5 Å². The minimum Gasteiger partial charge on any atom is -0.486 e. The number of alkyl halides is 3. The van der Waals surface area contributed by atoms with Crippen molar-refractivity contribution in [2.24, 2.45) is 5.16 Å². The van der Waals surface area contributed by atoms with Gasteiger partial charge in [-0.2, -0.15) is 13.2 Å². The van der Waals surface area contributed by atoms with Gasteiger partial charge in [0.25, 0.3) is 5.91 Å². The quantitative estimate of drug-likeness (QED) is 0.649. The molecule has 0 unspecified atom stereocenters. The molecule has 2 rings (SSSR count). The Kier molecular flexibility index (Phi) is 4.20. The Morgan fingerprint density at radius 3 is 2.90 bits per heavy atom. The van der Waals surface area contributed by atoms with Crippen LogP contribution in [0.4, 0.5) is 13.2 Å². The highest BCUT2D eigenvalue weighted by molar-refractivity contribution is 6.06. The number of carbonyl (C=O) groups is 1. The summed E-state index contributed by atoms with van der Waals surface area (Å²) < 4.78 is 46.0. The van der Waals surface area contributed by atoms with E-state index in [1.165, 1.54) is 12.1 Å². The molecule has 1 aromatic rings. The van der Waals surface area contributed by atoms with E-state index in [-0.39, 0.29) is 12.4 Å². The highest BCUT2D eigenvalue weighted by Crippen LogP contribution is 2.29. The molecule has 0 aromatic heterocycles. The second-order valence-electron chi connectivity index (χ2n) is 4.17. The summed E-state index contributed by atoms with van der Waals surface area (Å²) in [5.74, 6) is -0.211. The van der Waals surface area contributed by atoms with Crippen LogP contribution in [0.3, 0.4) is 0 Å². The number of carbonyl (C=O) groups excluding carboxylic acids is 1. The van der Waals surface area contributed by atoms with Crippen molar-refractivity contribution < 1.29 is 32.6 Å². The lowest BCUT2D eigenvalue weighted by molar-refractivity contribution is -0.139. The second kappa shape index (κ2) is 5.90. The molecule has 0 fully saturated rings. The van der Waals surface area contributed by atoms with E-state index in [9.17, 15) is 18.0 Å². The SMILES string of the molecule is O=C(COc1ccc2c(c1)OCC2=NO)NCC(F)(F)F. The van der Waals surface area contributed by atoms with E-state index in [4.69, 9.17) is 14.7 Å². The van der Waals surface area contributed by atoms with Gasteiger partial charge in [0.1, 0.15) is 30.4 Å². The third-order valence-corrected chi connectivity index (χ3v) is 2.61. The molecule has 2 N–H and O–H groups in total. The van der Waals surface area contributed by atoms with E-state index in [0.29, 0.717) is 17.0 Å². The Morgan fingerprint density at radius 1 is 1.48 bits per heavy atom. The first-order valence-electron chi connectivity index (χ1n) is 5.83. The number of nitrogens with one attached hydrogen (secondary N) is 1. The average molecular weight is 304 g/mol. The van der Waals surface area contributed by atoms with Crippen molar-refractivity contribution in [3.63, 3.8) is 0 Å². The van der Waals surface area contributed by atoms with Gasteiger partial charge in [-0.1, -0.05) is 5.16 Å². The van der Waals surface area contributed by atoms with Gasteiger partial charge in [-0.25, -0.2) is 0 Å². The molecule has 9 heteroatoms. The molecule has 1 heterocycles. The van der Waals surface area contributed by atoms with Crippen LogP contribution in [-0.2, 0) is 4.79 Å². The third-order valence-electron chi connectivity index (χ3n) is 2.61. The molecule has 1 aliphatic heterocycles. The number of hydrogen-bond donors (Lipinski definition) is 2. The first kappa shape index (κ1) is 14.9. The first-order valence-corrected chi connectivity index (χ1v) is 5.83. The van der Waals surface area contributed by atoms with Gasteiger partial charge in [0, 0.05) is 11.6 Å². The molecule has 1 aliphatic rings. The van der Waals surface area contributed by atoms with Gasteiger partial charge < -0.3 is 20.0 Å². The lowest BCUT2D eigenvalue weighted by atomic mass is 10.1.